The van der Waals surface area contributed by atoms with Crippen molar-refractivity contribution in [2.75, 3.05) is 11.5 Å². The maximum absolute atomic E-state index is 14.3. The third-order valence-electron chi connectivity index (χ3n) is 4.45. The molecule has 7 heteroatoms. The number of thioether (sulfide) groups is 1. The molecular formula is C19H13F3N2OS. The Kier molecular flexibility index (Phi) is 4.11. The Morgan fingerprint density at radius 2 is 1.88 bits per heavy atom. The number of carbonyl (C=O) groups is 1. The zero-order valence-corrected chi connectivity index (χ0v) is 14.2. The minimum absolute atomic E-state index is 0.0778. The number of nitrogens with zero attached hydrogens (tertiary/aromatic N) is 1. The molecule has 0 radical (unpaired) electrons. The van der Waals surface area contributed by atoms with Crippen molar-refractivity contribution >= 4 is 28.6 Å². The molecule has 3 nitrogen and oxygen atoms in total. The zero-order valence-electron chi connectivity index (χ0n) is 13.4. The average molecular weight is 374 g/mol. The van der Waals surface area contributed by atoms with Gasteiger partial charge in [0.25, 0.3) is 5.91 Å². The lowest BCUT2D eigenvalue weighted by Crippen LogP contribution is -2.23. The van der Waals surface area contributed by atoms with Gasteiger partial charge in [-0.3, -0.25) is 9.78 Å². The number of primary amides is 1. The highest BCUT2D eigenvalue weighted by molar-refractivity contribution is 8.00. The lowest BCUT2D eigenvalue weighted by atomic mass is 9.96. The molecule has 1 fully saturated rings. The molecule has 26 heavy (non-hydrogen) atoms. The van der Waals surface area contributed by atoms with E-state index in [1.165, 1.54) is 0 Å². The zero-order chi connectivity index (χ0) is 18.4. The van der Waals surface area contributed by atoms with Gasteiger partial charge in [0.2, 0.25) is 0 Å². The van der Waals surface area contributed by atoms with Gasteiger partial charge in [-0.05, 0) is 12.1 Å². The molecular weight excluding hydrogens is 361 g/mol. The fourth-order valence-corrected chi connectivity index (χ4v) is 3.87. The van der Waals surface area contributed by atoms with Crippen LogP contribution in [0, 0.1) is 17.5 Å². The first kappa shape index (κ1) is 16.9. The van der Waals surface area contributed by atoms with Crippen molar-refractivity contribution in [2.24, 2.45) is 5.73 Å². The van der Waals surface area contributed by atoms with E-state index in [0.717, 1.165) is 17.6 Å². The highest BCUT2D eigenvalue weighted by atomic mass is 32.2. The van der Waals surface area contributed by atoms with Crippen LogP contribution in [-0.4, -0.2) is 22.4 Å². The molecule has 132 valence electrons. The van der Waals surface area contributed by atoms with Gasteiger partial charge in [-0.2, -0.15) is 11.8 Å². The van der Waals surface area contributed by atoms with Crippen LogP contribution in [0.3, 0.4) is 0 Å². The van der Waals surface area contributed by atoms with Gasteiger partial charge in [0, 0.05) is 40.0 Å². The van der Waals surface area contributed by atoms with Gasteiger partial charge < -0.3 is 5.73 Å². The number of para-hydroxylation sites is 1. The number of aromatic nitrogens is 1. The molecule has 0 saturated carbocycles. The van der Waals surface area contributed by atoms with Crippen LogP contribution in [0.4, 0.5) is 13.2 Å². The maximum atomic E-state index is 14.3. The Bertz CT molecular complexity index is 1050. The van der Waals surface area contributed by atoms with Gasteiger partial charge in [-0.1, -0.05) is 18.2 Å². The van der Waals surface area contributed by atoms with Crippen LogP contribution in [0.25, 0.3) is 22.0 Å². The monoisotopic (exact) mass is 374 g/mol. The predicted molar refractivity (Wildman–Crippen MR) is 95.6 cm³/mol. The van der Waals surface area contributed by atoms with Gasteiger partial charge in [-0.25, -0.2) is 13.2 Å². The molecule has 1 aliphatic heterocycles. The number of hydrogen-bond donors (Lipinski definition) is 1. The van der Waals surface area contributed by atoms with Gasteiger partial charge >= 0.3 is 0 Å². The topological polar surface area (TPSA) is 56.0 Å². The lowest BCUT2D eigenvalue weighted by Gasteiger charge is -2.26. The summed E-state index contributed by atoms with van der Waals surface area (Å²) in [6.07, 6.45) is 0. The fraction of sp³-hybridized carbons (Fsp3) is 0.158. The molecule has 1 amide bonds. The van der Waals surface area contributed by atoms with Gasteiger partial charge in [-0.15, -0.1) is 0 Å². The summed E-state index contributed by atoms with van der Waals surface area (Å²) in [5.74, 6) is -2.16. The Morgan fingerprint density at radius 3 is 2.54 bits per heavy atom. The highest BCUT2D eigenvalue weighted by Gasteiger charge is 2.27. The minimum atomic E-state index is -1.26. The maximum Gasteiger partial charge on any atom is 0.250 e. The van der Waals surface area contributed by atoms with Crippen LogP contribution in [0.2, 0.25) is 0 Å². The molecule has 0 spiro atoms. The number of pyridine rings is 1. The lowest BCUT2D eigenvalue weighted by molar-refractivity contribution is 0.0998. The van der Waals surface area contributed by atoms with E-state index in [9.17, 15) is 18.0 Å². The molecule has 3 aromatic rings. The molecule has 2 N–H and O–H groups in total. The number of halogens is 3. The van der Waals surface area contributed by atoms with Crippen LogP contribution in [0.5, 0.6) is 0 Å². The molecule has 2 aromatic carbocycles. The standard InChI is InChI=1S/C19H13F3N2OS/c20-11-5-13(16(22)15(21)6-11)12-3-1-2-9-4-14(19(23)25)18(24-17(9)12)10-7-26-8-10/h1-6,10H,7-8H2,(H2,23,25). The molecule has 1 aliphatic rings. The second-order valence-electron chi connectivity index (χ2n) is 6.15. The summed E-state index contributed by atoms with van der Waals surface area (Å²) in [6.45, 7) is 0. The first-order valence-corrected chi connectivity index (χ1v) is 9.07. The van der Waals surface area contributed by atoms with Crippen molar-refractivity contribution < 1.29 is 18.0 Å². The van der Waals surface area contributed by atoms with Crippen molar-refractivity contribution in [3.05, 3.63) is 65.1 Å². The van der Waals surface area contributed by atoms with Crippen LogP contribution >= 0.6 is 11.8 Å². The quantitative estimate of drug-likeness (QED) is 0.698. The van der Waals surface area contributed by atoms with E-state index in [1.807, 2.05) is 0 Å². The summed E-state index contributed by atoms with van der Waals surface area (Å²) in [5, 5.41) is 0.552. The summed E-state index contributed by atoms with van der Waals surface area (Å²) in [7, 11) is 0. The third-order valence-corrected chi connectivity index (χ3v) is 5.72. The third kappa shape index (κ3) is 2.72. The van der Waals surface area contributed by atoms with E-state index in [-0.39, 0.29) is 17.0 Å². The van der Waals surface area contributed by atoms with E-state index in [4.69, 9.17) is 5.73 Å². The number of benzene rings is 2. The minimum Gasteiger partial charge on any atom is -0.366 e. The smallest absolute Gasteiger partial charge is 0.250 e. The van der Waals surface area contributed by atoms with Crippen LogP contribution in [-0.2, 0) is 0 Å². The van der Waals surface area contributed by atoms with Crippen molar-refractivity contribution in [3.8, 4) is 11.1 Å². The molecule has 2 heterocycles. The molecule has 0 bridgehead atoms. The van der Waals surface area contributed by atoms with Crippen LogP contribution in [0.15, 0.2) is 36.4 Å². The normalized spacial score (nSPS) is 14.4. The van der Waals surface area contributed by atoms with Gasteiger partial charge in [0.15, 0.2) is 11.6 Å². The average Bonchev–Trinajstić information content (AvgIpc) is 2.55. The number of hydrogen-bond acceptors (Lipinski definition) is 3. The van der Waals surface area contributed by atoms with Gasteiger partial charge in [0.05, 0.1) is 16.8 Å². The Hall–Kier alpha value is -2.54. The molecule has 0 atom stereocenters. The second kappa shape index (κ2) is 6.32. The van der Waals surface area contributed by atoms with E-state index in [2.05, 4.69) is 4.98 Å². The van der Waals surface area contributed by atoms with Crippen molar-refractivity contribution in [1.29, 1.82) is 0 Å². The van der Waals surface area contributed by atoms with Crippen molar-refractivity contribution in [2.45, 2.75) is 5.92 Å². The first-order valence-electron chi connectivity index (χ1n) is 7.92. The van der Waals surface area contributed by atoms with Crippen LogP contribution in [0.1, 0.15) is 22.0 Å². The fourth-order valence-electron chi connectivity index (χ4n) is 3.08. The number of rotatable bonds is 3. The highest BCUT2D eigenvalue weighted by Crippen LogP contribution is 2.38. The number of amides is 1. The Morgan fingerprint density at radius 1 is 1.12 bits per heavy atom. The van der Waals surface area contributed by atoms with Crippen molar-refractivity contribution in [1.82, 2.24) is 4.98 Å². The van der Waals surface area contributed by atoms with E-state index < -0.39 is 23.4 Å². The summed E-state index contributed by atoms with van der Waals surface area (Å²) >= 11 is 1.72. The Labute approximate surface area is 151 Å². The molecule has 1 saturated heterocycles. The summed E-state index contributed by atoms with van der Waals surface area (Å²) in [5.41, 5.74) is 6.81. The van der Waals surface area contributed by atoms with Crippen LogP contribution < -0.4 is 5.73 Å². The van der Waals surface area contributed by atoms with Crippen molar-refractivity contribution in [3.63, 3.8) is 0 Å². The van der Waals surface area contributed by atoms with E-state index in [0.29, 0.717) is 28.2 Å². The molecule has 4 rings (SSSR count). The predicted octanol–water partition coefficient (Wildman–Crippen LogP) is 4.25. The largest absolute Gasteiger partial charge is 0.366 e. The summed E-state index contributed by atoms with van der Waals surface area (Å²) in [6, 6.07) is 7.92. The Balaban J connectivity index is 2.01. The first-order chi connectivity index (χ1) is 12.5. The van der Waals surface area contributed by atoms with E-state index in [1.54, 1.807) is 36.0 Å². The van der Waals surface area contributed by atoms with Gasteiger partial charge in [0.1, 0.15) is 5.82 Å². The number of fused-ring (bicyclic) bond motifs is 1. The second-order valence-corrected chi connectivity index (χ2v) is 7.22. The molecule has 1 aromatic heterocycles. The molecule has 0 unspecified atom stereocenters. The SMILES string of the molecule is NC(=O)c1cc2cccc(-c3cc(F)cc(F)c3F)c2nc1C1CSC1. The summed E-state index contributed by atoms with van der Waals surface area (Å²) < 4.78 is 41.6. The number of nitrogens with two attached hydrogens (primary N) is 1. The van der Waals surface area contributed by atoms with E-state index >= 15 is 0 Å². The number of carbonyl (C=O) groups excluding carboxylic acids is 1. The summed E-state index contributed by atoms with van der Waals surface area (Å²) in [4.78, 5) is 16.4. The molecule has 0 aliphatic carbocycles.